The van der Waals surface area contributed by atoms with Gasteiger partial charge in [-0.2, -0.15) is 0 Å². The van der Waals surface area contributed by atoms with Gasteiger partial charge in [-0.1, -0.05) is 30.8 Å². The number of nitrogen functional groups attached to an aromatic ring is 1. The summed E-state index contributed by atoms with van der Waals surface area (Å²) in [5.41, 5.74) is 7.70. The Bertz CT molecular complexity index is 696. The number of carbonyl (C=O) groups is 2. The maximum Gasteiger partial charge on any atom is 0.221 e. The number of carbonyl (C=O) groups excluding carboxylic acids is 2. The topological polar surface area (TPSA) is 72.2 Å². The van der Waals surface area contributed by atoms with E-state index in [1.165, 1.54) is 6.92 Å². The molecule has 4 nitrogen and oxygen atoms in total. The maximum atomic E-state index is 11.6. The largest absolute Gasteiger partial charge is 0.397 e. The lowest BCUT2D eigenvalue weighted by atomic mass is 10.1. The van der Waals surface area contributed by atoms with E-state index < -0.39 is 0 Å². The van der Waals surface area contributed by atoms with Gasteiger partial charge in [0.1, 0.15) is 0 Å². The van der Waals surface area contributed by atoms with Crippen molar-refractivity contribution >= 4 is 34.8 Å². The van der Waals surface area contributed by atoms with Crippen LogP contribution in [0.25, 0.3) is 0 Å². The summed E-state index contributed by atoms with van der Waals surface area (Å²) in [5, 5.41) is 2.71. The highest BCUT2D eigenvalue weighted by Gasteiger charge is 2.06. The Labute approximate surface area is 134 Å². The molecule has 2 rings (SSSR count). The number of hydrogen-bond donors (Lipinski definition) is 2. The van der Waals surface area contributed by atoms with Crippen LogP contribution >= 0.6 is 11.8 Å². The van der Waals surface area contributed by atoms with E-state index in [1.54, 1.807) is 17.8 Å². The summed E-state index contributed by atoms with van der Waals surface area (Å²) in [5.74, 6) is -0.0201. The molecule has 2 aromatic carbocycles. The fraction of sp³-hybridized carbons (Fsp3) is 0.176. The Balaban J connectivity index is 2.16. The summed E-state index contributed by atoms with van der Waals surface area (Å²) in [6.07, 6.45) is 0.504. The van der Waals surface area contributed by atoms with E-state index in [4.69, 9.17) is 5.73 Å². The third kappa shape index (κ3) is 4.11. The molecule has 0 unspecified atom stereocenters. The number of Topliss-reactive ketones (excluding diaryl/α,β-unsaturated/α-hetero) is 1. The standard InChI is InChI=1S/C17H18N2O2S/c1-3-17(21)12-4-6-13(7-5-12)22-14-8-9-15(18)16(10-14)19-11(2)20/h4-10H,3,18H2,1-2H3,(H,19,20). The van der Waals surface area contributed by atoms with Crippen LogP contribution in [0.2, 0.25) is 0 Å². The third-order valence-electron chi connectivity index (χ3n) is 3.07. The lowest BCUT2D eigenvalue weighted by molar-refractivity contribution is -0.114. The quantitative estimate of drug-likeness (QED) is 0.647. The molecule has 5 heteroatoms. The molecule has 0 saturated carbocycles. The summed E-state index contributed by atoms with van der Waals surface area (Å²) in [7, 11) is 0. The Morgan fingerprint density at radius 3 is 2.32 bits per heavy atom. The molecule has 0 saturated heterocycles. The molecule has 22 heavy (non-hydrogen) atoms. The maximum absolute atomic E-state index is 11.6. The number of rotatable bonds is 5. The van der Waals surface area contributed by atoms with Gasteiger partial charge >= 0.3 is 0 Å². The zero-order chi connectivity index (χ0) is 16.1. The van der Waals surface area contributed by atoms with Crippen molar-refractivity contribution in [3.05, 3.63) is 48.0 Å². The van der Waals surface area contributed by atoms with Crippen LogP contribution in [-0.2, 0) is 4.79 Å². The second-order valence-corrected chi connectivity index (χ2v) is 5.98. The molecule has 0 aliphatic carbocycles. The van der Waals surface area contributed by atoms with Crippen molar-refractivity contribution in [1.82, 2.24) is 0 Å². The fourth-order valence-corrected chi connectivity index (χ4v) is 2.80. The van der Waals surface area contributed by atoms with Crippen LogP contribution in [0.4, 0.5) is 11.4 Å². The Morgan fingerprint density at radius 1 is 1.09 bits per heavy atom. The van der Waals surface area contributed by atoms with Gasteiger partial charge in [0.2, 0.25) is 5.91 Å². The van der Waals surface area contributed by atoms with Crippen molar-refractivity contribution in [2.75, 3.05) is 11.1 Å². The molecule has 0 heterocycles. The van der Waals surface area contributed by atoms with E-state index in [1.807, 2.05) is 43.3 Å². The highest BCUT2D eigenvalue weighted by atomic mass is 32.2. The van der Waals surface area contributed by atoms with Gasteiger partial charge in [-0.15, -0.1) is 0 Å². The minimum absolute atomic E-state index is 0.136. The lowest BCUT2D eigenvalue weighted by Crippen LogP contribution is -2.07. The van der Waals surface area contributed by atoms with Crippen LogP contribution in [0.5, 0.6) is 0 Å². The molecular weight excluding hydrogens is 296 g/mol. The zero-order valence-electron chi connectivity index (χ0n) is 12.6. The minimum Gasteiger partial charge on any atom is -0.397 e. The van der Waals surface area contributed by atoms with Crippen molar-refractivity contribution in [3.63, 3.8) is 0 Å². The minimum atomic E-state index is -0.156. The Hall–Kier alpha value is -2.27. The molecule has 0 radical (unpaired) electrons. The van der Waals surface area contributed by atoms with Crippen molar-refractivity contribution in [3.8, 4) is 0 Å². The first-order chi connectivity index (χ1) is 10.5. The smallest absolute Gasteiger partial charge is 0.221 e. The number of nitrogens with two attached hydrogens (primary N) is 1. The predicted octanol–water partition coefficient (Wildman–Crippen LogP) is 3.97. The van der Waals surface area contributed by atoms with E-state index in [-0.39, 0.29) is 11.7 Å². The number of ketones is 1. The third-order valence-corrected chi connectivity index (χ3v) is 4.07. The predicted molar refractivity (Wildman–Crippen MR) is 90.3 cm³/mol. The van der Waals surface area contributed by atoms with Gasteiger partial charge in [-0.25, -0.2) is 0 Å². The first kappa shape index (κ1) is 16.1. The van der Waals surface area contributed by atoms with Crippen LogP contribution in [0, 0.1) is 0 Å². The lowest BCUT2D eigenvalue weighted by Gasteiger charge is -2.09. The molecule has 0 spiro atoms. The molecule has 3 N–H and O–H groups in total. The van der Waals surface area contributed by atoms with Gasteiger partial charge in [0.15, 0.2) is 5.78 Å². The van der Waals surface area contributed by atoms with Crippen LogP contribution in [0.3, 0.4) is 0 Å². The first-order valence-electron chi connectivity index (χ1n) is 6.98. The van der Waals surface area contributed by atoms with Crippen LogP contribution in [0.1, 0.15) is 30.6 Å². The zero-order valence-corrected chi connectivity index (χ0v) is 13.4. The van der Waals surface area contributed by atoms with Gasteiger partial charge < -0.3 is 11.1 Å². The second kappa shape index (κ2) is 7.13. The number of amides is 1. The number of nitrogens with one attached hydrogen (secondary N) is 1. The summed E-state index contributed by atoms with van der Waals surface area (Å²) in [6.45, 7) is 3.30. The normalized spacial score (nSPS) is 10.3. The van der Waals surface area contributed by atoms with Gasteiger partial charge in [0, 0.05) is 28.7 Å². The van der Waals surface area contributed by atoms with Gasteiger partial charge in [-0.3, -0.25) is 9.59 Å². The molecular formula is C17H18N2O2S. The number of anilines is 2. The van der Waals surface area contributed by atoms with Crippen LogP contribution in [0.15, 0.2) is 52.3 Å². The highest BCUT2D eigenvalue weighted by molar-refractivity contribution is 7.99. The average molecular weight is 314 g/mol. The summed E-state index contributed by atoms with van der Waals surface area (Å²) < 4.78 is 0. The highest BCUT2D eigenvalue weighted by Crippen LogP contribution is 2.32. The number of hydrogen-bond acceptors (Lipinski definition) is 4. The monoisotopic (exact) mass is 314 g/mol. The van der Waals surface area contributed by atoms with Crippen molar-refractivity contribution in [2.24, 2.45) is 0 Å². The van der Waals surface area contributed by atoms with Crippen molar-refractivity contribution < 1.29 is 9.59 Å². The molecule has 0 aromatic heterocycles. The molecule has 0 fully saturated rings. The Kier molecular flexibility index (Phi) is 5.22. The van der Waals surface area contributed by atoms with Crippen molar-refractivity contribution in [2.45, 2.75) is 30.1 Å². The molecule has 1 amide bonds. The molecule has 0 bridgehead atoms. The van der Waals surface area contributed by atoms with Crippen LogP contribution < -0.4 is 11.1 Å². The van der Waals surface area contributed by atoms with Gasteiger partial charge in [0.25, 0.3) is 0 Å². The molecule has 2 aromatic rings. The summed E-state index contributed by atoms with van der Waals surface area (Å²) in [6, 6.07) is 13.0. The summed E-state index contributed by atoms with van der Waals surface area (Å²) >= 11 is 1.55. The first-order valence-corrected chi connectivity index (χ1v) is 7.79. The molecule has 0 atom stereocenters. The molecule has 114 valence electrons. The van der Waals surface area contributed by atoms with Crippen LogP contribution in [-0.4, -0.2) is 11.7 Å². The van der Waals surface area contributed by atoms with Crippen molar-refractivity contribution in [1.29, 1.82) is 0 Å². The average Bonchev–Trinajstić information content (AvgIpc) is 2.50. The number of benzene rings is 2. The SMILES string of the molecule is CCC(=O)c1ccc(Sc2ccc(N)c(NC(C)=O)c2)cc1. The van der Waals surface area contributed by atoms with E-state index in [0.717, 1.165) is 15.4 Å². The fourth-order valence-electron chi connectivity index (χ4n) is 1.95. The van der Waals surface area contributed by atoms with E-state index >= 15 is 0 Å². The van der Waals surface area contributed by atoms with Gasteiger partial charge in [0.05, 0.1) is 11.4 Å². The molecule has 0 aliphatic heterocycles. The second-order valence-electron chi connectivity index (χ2n) is 4.83. The Morgan fingerprint density at radius 2 is 1.73 bits per heavy atom. The van der Waals surface area contributed by atoms with E-state index in [0.29, 0.717) is 17.8 Å². The van der Waals surface area contributed by atoms with Gasteiger partial charge in [-0.05, 0) is 30.3 Å². The molecule has 0 aliphatic rings. The van der Waals surface area contributed by atoms with E-state index in [2.05, 4.69) is 5.32 Å². The summed E-state index contributed by atoms with van der Waals surface area (Å²) in [4.78, 5) is 24.8. The van der Waals surface area contributed by atoms with E-state index in [9.17, 15) is 9.59 Å².